The van der Waals surface area contributed by atoms with Crippen LogP contribution in [0.4, 0.5) is 0 Å². The minimum Gasteiger partial charge on any atom is -0.462 e. The van der Waals surface area contributed by atoms with Gasteiger partial charge >= 0.3 is 5.97 Å². The van der Waals surface area contributed by atoms with Crippen molar-refractivity contribution in [1.82, 2.24) is 5.32 Å². The first-order chi connectivity index (χ1) is 16.2. The highest BCUT2D eigenvalue weighted by atomic mass is 79.9. The van der Waals surface area contributed by atoms with E-state index in [9.17, 15) is 14.4 Å². The number of ether oxygens (including phenoxy) is 2. The molecule has 0 aromatic heterocycles. The molecule has 0 radical (unpaired) electrons. The standard InChI is InChI=1S/C27H26BrNO5/c1-4-33-26(32)23-21(16-8-6-5-7-9-16)22-19(30)14-27(2,3)15-20(22)34-25(23)29-24(31)17-10-12-18(28)13-11-17/h5-13,21H,4,14-15H2,1-3H3,(H,29,31). The first-order valence-corrected chi connectivity index (χ1v) is 12.0. The Labute approximate surface area is 207 Å². The van der Waals surface area contributed by atoms with Gasteiger partial charge in [0.25, 0.3) is 5.91 Å². The summed E-state index contributed by atoms with van der Waals surface area (Å²) >= 11 is 3.36. The van der Waals surface area contributed by atoms with Gasteiger partial charge in [-0.3, -0.25) is 14.9 Å². The summed E-state index contributed by atoms with van der Waals surface area (Å²) in [5.74, 6) is -1.35. The van der Waals surface area contributed by atoms with Crippen LogP contribution >= 0.6 is 15.9 Å². The van der Waals surface area contributed by atoms with Gasteiger partial charge in [0, 0.05) is 28.5 Å². The molecule has 6 nitrogen and oxygen atoms in total. The quantitative estimate of drug-likeness (QED) is 0.529. The topological polar surface area (TPSA) is 81.7 Å². The fourth-order valence-electron chi connectivity index (χ4n) is 4.41. The number of ketones is 1. The molecule has 0 saturated carbocycles. The third-order valence-corrected chi connectivity index (χ3v) is 6.42. The molecular weight excluding hydrogens is 498 g/mol. The number of allylic oxidation sites excluding steroid dienone is 2. The average Bonchev–Trinajstić information content (AvgIpc) is 2.78. The molecular formula is C27H26BrNO5. The lowest BCUT2D eigenvalue weighted by Gasteiger charge is -2.38. The molecule has 7 heteroatoms. The SMILES string of the molecule is CCOC(=O)C1=C(NC(=O)c2ccc(Br)cc2)OC2=C(C(=O)CC(C)(C)C2)C1c1ccccc1. The van der Waals surface area contributed by atoms with Gasteiger partial charge in [-0.1, -0.05) is 60.1 Å². The largest absolute Gasteiger partial charge is 0.462 e. The van der Waals surface area contributed by atoms with Gasteiger partial charge < -0.3 is 9.47 Å². The zero-order valence-electron chi connectivity index (χ0n) is 19.3. The Hall–Kier alpha value is -3.19. The Bertz CT molecular complexity index is 1200. The summed E-state index contributed by atoms with van der Waals surface area (Å²) in [6.07, 6.45) is 0.848. The lowest BCUT2D eigenvalue weighted by atomic mass is 9.70. The van der Waals surface area contributed by atoms with Gasteiger partial charge in [0.1, 0.15) is 11.3 Å². The van der Waals surface area contributed by atoms with Crippen LogP contribution in [0.2, 0.25) is 0 Å². The van der Waals surface area contributed by atoms with Gasteiger partial charge in [-0.05, 0) is 42.2 Å². The van der Waals surface area contributed by atoms with Crippen LogP contribution in [0.15, 0.2) is 81.9 Å². The normalized spacial score (nSPS) is 19.3. The second-order valence-electron chi connectivity index (χ2n) is 9.15. The zero-order valence-corrected chi connectivity index (χ0v) is 20.9. The van der Waals surface area contributed by atoms with E-state index in [1.165, 1.54) is 0 Å². The van der Waals surface area contributed by atoms with Crippen LogP contribution in [-0.2, 0) is 19.1 Å². The average molecular weight is 524 g/mol. The molecule has 1 atom stereocenters. The van der Waals surface area contributed by atoms with Crippen molar-refractivity contribution in [2.45, 2.75) is 39.5 Å². The second-order valence-corrected chi connectivity index (χ2v) is 10.1. The van der Waals surface area contributed by atoms with E-state index in [0.29, 0.717) is 29.7 Å². The number of nitrogens with one attached hydrogen (secondary N) is 1. The maximum atomic E-state index is 13.3. The van der Waals surface area contributed by atoms with E-state index >= 15 is 0 Å². The van der Waals surface area contributed by atoms with E-state index in [-0.39, 0.29) is 29.3 Å². The van der Waals surface area contributed by atoms with Crippen LogP contribution in [-0.4, -0.2) is 24.3 Å². The minimum absolute atomic E-state index is 0.00414. The van der Waals surface area contributed by atoms with Crippen LogP contribution in [0.1, 0.15) is 55.5 Å². The van der Waals surface area contributed by atoms with Crippen molar-refractivity contribution in [2.75, 3.05) is 6.61 Å². The second kappa shape index (κ2) is 9.58. The molecule has 1 aliphatic carbocycles. The minimum atomic E-state index is -0.701. The molecule has 4 rings (SSSR count). The highest BCUT2D eigenvalue weighted by Gasteiger charge is 2.45. The van der Waals surface area contributed by atoms with Gasteiger partial charge in [0.05, 0.1) is 12.5 Å². The molecule has 1 amide bonds. The summed E-state index contributed by atoms with van der Waals surface area (Å²) < 4.78 is 12.3. The van der Waals surface area contributed by atoms with Crippen LogP contribution in [0.3, 0.4) is 0 Å². The Morgan fingerprint density at radius 2 is 1.76 bits per heavy atom. The van der Waals surface area contributed by atoms with Crippen molar-refractivity contribution in [1.29, 1.82) is 0 Å². The fraction of sp³-hybridized carbons (Fsp3) is 0.296. The van der Waals surface area contributed by atoms with Crippen molar-refractivity contribution >= 4 is 33.6 Å². The van der Waals surface area contributed by atoms with Crippen molar-refractivity contribution in [2.24, 2.45) is 5.41 Å². The number of halogens is 1. The monoisotopic (exact) mass is 523 g/mol. The Morgan fingerprint density at radius 3 is 2.41 bits per heavy atom. The maximum Gasteiger partial charge on any atom is 0.340 e. The number of esters is 1. The fourth-order valence-corrected chi connectivity index (χ4v) is 4.68. The summed E-state index contributed by atoms with van der Waals surface area (Å²) in [6.45, 7) is 5.85. The molecule has 2 aliphatic rings. The van der Waals surface area contributed by atoms with Crippen molar-refractivity contribution in [3.8, 4) is 0 Å². The molecule has 0 bridgehead atoms. The Balaban J connectivity index is 1.85. The van der Waals surface area contributed by atoms with Gasteiger partial charge in [-0.15, -0.1) is 0 Å². The van der Waals surface area contributed by atoms with Crippen LogP contribution in [0, 0.1) is 5.41 Å². The summed E-state index contributed by atoms with van der Waals surface area (Å²) in [5, 5.41) is 2.78. The van der Waals surface area contributed by atoms with E-state index in [4.69, 9.17) is 9.47 Å². The Kier molecular flexibility index (Phi) is 6.75. The zero-order chi connectivity index (χ0) is 24.5. The predicted molar refractivity (Wildman–Crippen MR) is 131 cm³/mol. The molecule has 0 saturated heterocycles. The molecule has 2 aromatic rings. The number of carbonyl (C=O) groups is 3. The highest BCUT2D eigenvalue weighted by molar-refractivity contribution is 9.10. The summed E-state index contributed by atoms with van der Waals surface area (Å²) in [6, 6.07) is 16.1. The first-order valence-electron chi connectivity index (χ1n) is 11.2. The molecule has 1 heterocycles. The number of rotatable bonds is 5. The first kappa shape index (κ1) is 24.0. The predicted octanol–water partition coefficient (Wildman–Crippen LogP) is 5.41. The smallest absolute Gasteiger partial charge is 0.340 e. The lowest BCUT2D eigenvalue weighted by Crippen LogP contribution is -2.38. The number of carbonyl (C=O) groups excluding carboxylic acids is 3. The molecule has 0 spiro atoms. The Morgan fingerprint density at radius 1 is 1.09 bits per heavy atom. The summed E-state index contributed by atoms with van der Waals surface area (Å²) in [5.41, 5.74) is 1.42. The van der Waals surface area contributed by atoms with E-state index in [1.807, 2.05) is 44.2 Å². The van der Waals surface area contributed by atoms with Gasteiger partial charge in [-0.2, -0.15) is 0 Å². The lowest BCUT2D eigenvalue weighted by molar-refractivity contribution is -0.139. The van der Waals surface area contributed by atoms with Gasteiger partial charge in [-0.25, -0.2) is 4.79 Å². The van der Waals surface area contributed by atoms with Crippen LogP contribution in [0.25, 0.3) is 0 Å². The third kappa shape index (κ3) is 4.85. The third-order valence-electron chi connectivity index (χ3n) is 5.89. The van der Waals surface area contributed by atoms with E-state index in [0.717, 1.165) is 10.0 Å². The number of hydrogen-bond donors (Lipinski definition) is 1. The van der Waals surface area contributed by atoms with Gasteiger partial charge in [0.15, 0.2) is 5.78 Å². The van der Waals surface area contributed by atoms with Crippen LogP contribution < -0.4 is 5.32 Å². The molecule has 1 N–H and O–H groups in total. The molecule has 176 valence electrons. The van der Waals surface area contributed by atoms with E-state index < -0.39 is 17.8 Å². The van der Waals surface area contributed by atoms with Crippen molar-refractivity contribution in [3.63, 3.8) is 0 Å². The molecule has 2 aromatic carbocycles. The number of amides is 1. The molecule has 34 heavy (non-hydrogen) atoms. The maximum absolute atomic E-state index is 13.3. The van der Waals surface area contributed by atoms with Gasteiger partial charge in [0.2, 0.25) is 5.88 Å². The number of benzene rings is 2. The van der Waals surface area contributed by atoms with Crippen molar-refractivity contribution < 1.29 is 23.9 Å². The van der Waals surface area contributed by atoms with E-state index in [1.54, 1.807) is 31.2 Å². The molecule has 0 fully saturated rings. The summed E-state index contributed by atoms with van der Waals surface area (Å²) in [4.78, 5) is 39.6. The van der Waals surface area contributed by atoms with Crippen molar-refractivity contribution in [3.05, 3.63) is 93.0 Å². The summed E-state index contributed by atoms with van der Waals surface area (Å²) in [7, 11) is 0. The van der Waals surface area contributed by atoms with E-state index in [2.05, 4.69) is 21.2 Å². The highest BCUT2D eigenvalue weighted by Crippen LogP contribution is 2.48. The van der Waals surface area contributed by atoms with Crippen LogP contribution in [0.5, 0.6) is 0 Å². The number of Topliss-reactive ketones (excluding diaryl/α,β-unsaturated/α-hetero) is 1. The molecule has 1 aliphatic heterocycles. The molecule has 1 unspecified atom stereocenters. The number of hydrogen-bond acceptors (Lipinski definition) is 5.